The van der Waals surface area contributed by atoms with E-state index in [1.807, 2.05) is 13.8 Å². The van der Waals surface area contributed by atoms with Crippen molar-refractivity contribution >= 4 is 26.7 Å². The summed E-state index contributed by atoms with van der Waals surface area (Å²) in [7, 11) is 1.74. The topological polar surface area (TPSA) is 106 Å². The highest BCUT2D eigenvalue weighted by molar-refractivity contribution is 7.94. The van der Waals surface area contributed by atoms with Crippen molar-refractivity contribution in [2.45, 2.75) is 20.5 Å². The maximum atomic E-state index is 13.7. The van der Waals surface area contributed by atoms with Crippen LogP contribution in [-0.4, -0.2) is 51.8 Å². The van der Waals surface area contributed by atoms with E-state index >= 15 is 0 Å². The predicted octanol–water partition coefficient (Wildman–Crippen LogP) is 4.65. The van der Waals surface area contributed by atoms with Gasteiger partial charge in [-0.1, -0.05) is 18.2 Å². The molecule has 0 N–H and O–H groups in total. The van der Waals surface area contributed by atoms with E-state index in [-0.39, 0.29) is 28.3 Å². The third-order valence-electron chi connectivity index (χ3n) is 5.54. The van der Waals surface area contributed by atoms with Gasteiger partial charge in [0.05, 0.1) is 43.9 Å². The number of ketones is 1. The molecule has 37 heavy (non-hydrogen) atoms. The molecule has 0 aliphatic rings. The van der Waals surface area contributed by atoms with Crippen molar-refractivity contribution < 1.29 is 32.2 Å². The summed E-state index contributed by atoms with van der Waals surface area (Å²) in [4.78, 5) is 13.6. The van der Waals surface area contributed by atoms with Crippen molar-refractivity contribution in [3.63, 3.8) is 0 Å². The summed E-state index contributed by atoms with van der Waals surface area (Å²) in [6.45, 7) is 7.54. The Labute approximate surface area is 216 Å². The van der Waals surface area contributed by atoms with Crippen LogP contribution in [0, 0.1) is 0 Å². The van der Waals surface area contributed by atoms with Gasteiger partial charge in [0.25, 0.3) is 10.0 Å². The van der Waals surface area contributed by atoms with Gasteiger partial charge >= 0.3 is 0 Å². The van der Waals surface area contributed by atoms with Gasteiger partial charge in [-0.15, -0.1) is 0 Å². The molecule has 0 unspecified atom stereocenters. The summed E-state index contributed by atoms with van der Waals surface area (Å²) in [5, 5.41) is 4.62. The molecule has 0 spiro atoms. The molecule has 1 heterocycles. The van der Waals surface area contributed by atoms with Gasteiger partial charge < -0.3 is 18.9 Å². The number of hydrogen-bond donors (Lipinski definition) is 0. The Morgan fingerprint density at radius 1 is 1.00 bits per heavy atom. The molecule has 0 aliphatic carbocycles. The van der Waals surface area contributed by atoms with Crippen LogP contribution in [-0.2, 0) is 21.4 Å². The van der Waals surface area contributed by atoms with Gasteiger partial charge in [0.15, 0.2) is 0 Å². The smallest absolute Gasteiger partial charge is 0.283 e. The lowest BCUT2D eigenvalue weighted by atomic mass is 10.0. The molecular weight excluding hydrogens is 496 g/mol. The molecule has 0 fully saturated rings. The Hall–Kier alpha value is -3.89. The minimum Gasteiger partial charge on any atom is -0.497 e. The van der Waals surface area contributed by atoms with Gasteiger partial charge in [0.2, 0.25) is 5.78 Å². The predicted molar refractivity (Wildman–Crippen MR) is 142 cm³/mol. The summed E-state index contributed by atoms with van der Waals surface area (Å²) >= 11 is 0. The summed E-state index contributed by atoms with van der Waals surface area (Å²) in [5.74, 6) is 0.670. The summed E-state index contributed by atoms with van der Waals surface area (Å²) in [5.41, 5.74) is 1.86. The number of carbonyl (C=O) groups is 1. The van der Waals surface area contributed by atoms with Gasteiger partial charge in [-0.3, -0.25) is 4.79 Å². The Morgan fingerprint density at radius 3 is 2.16 bits per heavy atom. The van der Waals surface area contributed by atoms with Crippen molar-refractivity contribution in [3.8, 4) is 17.2 Å². The van der Waals surface area contributed by atoms with Gasteiger partial charge in [0.1, 0.15) is 22.9 Å². The second-order valence-electron chi connectivity index (χ2n) is 8.22. The molecule has 0 aliphatic heterocycles. The average molecular weight is 527 g/mol. The molecule has 9 nitrogen and oxygen atoms in total. The van der Waals surface area contributed by atoms with E-state index in [9.17, 15) is 13.2 Å². The lowest BCUT2D eigenvalue weighted by molar-refractivity contribution is 0.103. The second kappa shape index (κ2) is 11.4. The number of fused-ring (bicyclic) bond motifs is 1. The van der Waals surface area contributed by atoms with Crippen LogP contribution in [0.15, 0.2) is 65.6 Å². The molecule has 0 saturated carbocycles. The molecule has 10 heteroatoms. The fourth-order valence-electron chi connectivity index (χ4n) is 3.69. The molecule has 0 saturated heterocycles. The minimum absolute atomic E-state index is 0.0598. The Balaban J connectivity index is 2.29. The van der Waals surface area contributed by atoms with E-state index in [1.165, 1.54) is 46.7 Å². The Bertz CT molecular complexity index is 1490. The van der Waals surface area contributed by atoms with Crippen molar-refractivity contribution in [1.29, 1.82) is 0 Å². The largest absolute Gasteiger partial charge is 0.497 e. The van der Waals surface area contributed by atoms with Crippen molar-refractivity contribution in [3.05, 3.63) is 82.4 Å². The molecule has 2 aromatic carbocycles. The Kier molecular flexibility index (Phi) is 8.57. The molecule has 0 atom stereocenters. The number of carbonyl (C=O) groups excluding carboxylic acids is 1. The first kappa shape index (κ1) is 27.7. The molecule has 196 valence electrons. The number of methoxy groups -OCH3 is 4. The second-order valence-corrected chi connectivity index (χ2v) is 9.99. The minimum atomic E-state index is -4.20. The zero-order valence-corrected chi connectivity index (χ0v) is 22.5. The highest BCUT2D eigenvalue weighted by Crippen LogP contribution is 2.34. The Morgan fingerprint density at radius 2 is 1.65 bits per heavy atom. The van der Waals surface area contributed by atoms with Crippen molar-refractivity contribution in [1.82, 2.24) is 9.19 Å². The molecule has 3 aromatic rings. The quantitative estimate of drug-likeness (QED) is 0.263. The fraction of sp³-hybridized carbons (Fsp3) is 0.259. The van der Waals surface area contributed by atoms with Crippen molar-refractivity contribution in [2.24, 2.45) is 0 Å². The summed E-state index contributed by atoms with van der Waals surface area (Å²) in [6, 6.07) is 7.84. The number of aromatic nitrogens is 2. The van der Waals surface area contributed by atoms with Crippen LogP contribution < -0.4 is 14.2 Å². The summed E-state index contributed by atoms with van der Waals surface area (Å²) in [6.07, 6.45) is 4.33. The van der Waals surface area contributed by atoms with E-state index in [4.69, 9.17) is 18.9 Å². The van der Waals surface area contributed by atoms with E-state index in [1.54, 1.807) is 30.3 Å². The first-order chi connectivity index (χ1) is 17.6. The number of ether oxygens (including phenoxy) is 4. The van der Waals surface area contributed by atoms with Gasteiger partial charge in [-0.2, -0.15) is 17.6 Å². The highest BCUT2D eigenvalue weighted by atomic mass is 32.2. The monoisotopic (exact) mass is 526 g/mol. The van der Waals surface area contributed by atoms with Gasteiger partial charge in [0, 0.05) is 24.1 Å². The number of hydrogen-bond acceptors (Lipinski definition) is 8. The van der Waals surface area contributed by atoms with E-state index < -0.39 is 15.8 Å². The van der Waals surface area contributed by atoms with Crippen LogP contribution in [0.25, 0.3) is 10.9 Å². The van der Waals surface area contributed by atoms with Crippen LogP contribution in [0.2, 0.25) is 0 Å². The van der Waals surface area contributed by atoms with E-state index in [2.05, 4.69) is 11.7 Å². The third kappa shape index (κ3) is 5.45. The molecule has 0 amide bonds. The molecule has 0 bridgehead atoms. The maximum absolute atomic E-state index is 13.7. The number of rotatable bonds is 11. The normalized spacial score (nSPS) is 11.8. The first-order valence-electron chi connectivity index (χ1n) is 11.2. The van der Waals surface area contributed by atoms with Gasteiger partial charge in [-0.25, -0.2) is 0 Å². The number of nitrogens with zero attached hydrogens (tertiary/aromatic N) is 2. The summed E-state index contributed by atoms with van der Waals surface area (Å²) < 4.78 is 49.5. The SMILES string of the molecule is C=C/C(=C\C=C(C)C)S(=O)(=O)n1nc(C(=O)c2cc(OC)c(COC)c(OC)c2)c2ccc(OC)cc21. The van der Waals surface area contributed by atoms with Crippen LogP contribution >= 0.6 is 0 Å². The standard InChI is InChI=1S/C27H30N2O7S/c1-8-20(11-9-17(2)3)37(31,32)29-23-15-19(34-5)10-12-21(23)26(28-29)27(30)18-13-24(35-6)22(16-33-4)25(14-18)36-7/h8-15H,1,16H2,2-7H3/b20-11+. The molecule has 3 rings (SSSR count). The molecule has 0 radical (unpaired) electrons. The van der Waals surface area contributed by atoms with Crippen LogP contribution in [0.5, 0.6) is 17.2 Å². The zero-order chi connectivity index (χ0) is 27.3. The van der Waals surface area contributed by atoms with Crippen LogP contribution in [0.3, 0.4) is 0 Å². The number of benzene rings is 2. The molecular formula is C27H30N2O7S. The average Bonchev–Trinajstić information content (AvgIpc) is 3.28. The third-order valence-corrected chi connectivity index (χ3v) is 7.17. The van der Waals surface area contributed by atoms with Gasteiger partial charge in [-0.05, 0) is 50.3 Å². The fourth-order valence-corrected chi connectivity index (χ4v) is 4.94. The zero-order valence-electron chi connectivity index (χ0n) is 21.7. The first-order valence-corrected chi connectivity index (χ1v) is 12.6. The van der Waals surface area contributed by atoms with Crippen LogP contribution in [0.1, 0.15) is 35.5 Å². The lowest BCUT2D eigenvalue weighted by Gasteiger charge is -2.14. The maximum Gasteiger partial charge on any atom is 0.283 e. The lowest BCUT2D eigenvalue weighted by Crippen LogP contribution is -2.16. The van der Waals surface area contributed by atoms with E-state index in [0.717, 1.165) is 9.66 Å². The highest BCUT2D eigenvalue weighted by Gasteiger charge is 2.28. The van der Waals surface area contributed by atoms with Crippen molar-refractivity contribution in [2.75, 3.05) is 28.4 Å². The number of allylic oxidation sites excluding steroid dienone is 4. The molecule has 1 aromatic heterocycles. The van der Waals surface area contributed by atoms with E-state index in [0.29, 0.717) is 28.2 Å². The van der Waals surface area contributed by atoms with Crippen LogP contribution in [0.4, 0.5) is 0 Å².